The van der Waals surface area contributed by atoms with Gasteiger partial charge in [0, 0.05) is 48.5 Å². The molecule has 0 radical (unpaired) electrons. The summed E-state index contributed by atoms with van der Waals surface area (Å²) in [7, 11) is 0. The second kappa shape index (κ2) is 13.3. The van der Waals surface area contributed by atoms with E-state index in [4.69, 9.17) is 5.73 Å². The van der Waals surface area contributed by atoms with Gasteiger partial charge in [0.25, 0.3) is 0 Å². The molecule has 0 spiro atoms. The summed E-state index contributed by atoms with van der Waals surface area (Å²) in [4.78, 5) is 72.9. The van der Waals surface area contributed by atoms with Gasteiger partial charge in [-0.1, -0.05) is 66.7 Å². The molecule has 1 aromatic heterocycles. The van der Waals surface area contributed by atoms with Gasteiger partial charge in [-0.3, -0.25) is 24.0 Å². The van der Waals surface area contributed by atoms with Gasteiger partial charge in [-0.2, -0.15) is 0 Å². The predicted molar refractivity (Wildman–Crippen MR) is 171 cm³/mol. The topological polar surface area (TPSA) is 166 Å². The van der Waals surface area contributed by atoms with Gasteiger partial charge in [0.1, 0.15) is 24.2 Å². The molecule has 2 aliphatic heterocycles. The third kappa shape index (κ3) is 6.49. The maximum absolute atomic E-state index is 14.1. The fraction of sp³-hybridized carbons (Fsp3) is 0.286. The predicted octanol–water partition coefficient (Wildman–Crippen LogP) is 1.75. The van der Waals surface area contributed by atoms with Crippen molar-refractivity contribution >= 4 is 40.4 Å². The van der Waals surface area contributed by atoms with Gasteiger partial charge >= 0.3 is 0 Å². The first-order valence-electron chi connectivity index (χ1n) is 15.5. The fourth-order valence-corrected chi connectivity index (χ4v) is 6.46. The van der Waals surface area contributed by atoms with Crippen LogP contribution in [0.4, 0.5) is 0 Å². The van der Waals surface area contributed by atoms with Crippen molar-refractivity contribution in [3.8, 4) is 0 Å². The number of primary amides is 1. The fourth-order valence-electron chi connectivity index (χ4n) is 6.46. The van der Waals surface area contributed by atoms with Crippen LogP contribution in [0.1, 0.15) is 39.9 Å². The average Bonchev–Trinajstić information content (AvgIpc) is 3.71. The number of rotatable bonds is 7. The van der Waals surface area contributed by atoms with E-state index < -0.39 is 47.8 Å². The molecule has 5 amide bonds. The van der Waals surface area contributed by atoms with Crippen LogP contribution in [0.2, 0.25) is 0 Å². The number of carbonyl (C=O) groups is 5. The molecule has 4 atom stereocenters. The number of nitrogens with one attached hydrogen (secondary N) is 4. The molecule has 6 N–H and O–H groups in total. The Morgan fingerprint density at radius 1 is 0.717 bits per heavy atom. The highest BCUT2D eigenvalue weighted by Crippen LogP contribution is 2.23. The molecule has 0 aliphatic carbocycles. The number of nitrogens with two attached hydrogens (primary N) is 1. The van der Waals surface area contributed by atoms with Crippen LogP contribution in [0.5, 0.6) is 0 Å². The van der Waals surface area contributed by atoms with Gasteiger partial charge in [-0.05, 0) is 41.7 Å². The SMILES string of the molecule is NC(=O)c1ccccc1C[C@@H]1NC(=O)[C@H]2CCCN2C(=O)[C@H](Cc2ccccc2)NC(=O)[C@@H](Cc2c[nH]c3ccccc23)NC1=O. The number of aromatic nitrogens is 1. The van der Waals surface area contributed by atoms with Crippen LogP contribution in [0.15, 0.2) is 85.1 Å². The summed E-state index contributed by atoms with van der Waals surface area (Å²) in [6, 6.07) is 19.6. The van der Waals surface area contributed by atoms with Crippen LogP contribution >= 0.6 is 0 Å². The number of H-pyrrole nitrogens is 1. The smallest absolute Gasteiger partial charge is 0.248 e. The second-order valence-corrected chi connectivity index (χ2v) is 11.9. The van der Waals surface area contributed by atoms with Gasteiger partial charge in [-0.25, -0.2) is 0 Å². The lowest BCUT2D eigenvalue weighted by Crippen LogP contribution is -2.62. The highest BCUT2D eigenvalue weighted by atomic mass is 16.2. The van der Waals surface area contributed by atoms with E-state index in [9.17, 15) is 24.0 Å². The number of fused-ring (bicyclic) bond motifs is 2. The van der Waals surface area contributed by atoms with Crippen molar-refractivity contribution in [1.29, 1.82) is 0 Å². The molecule has 3 heterocycles. The summed E-state index contributed by atoms with van der Waals surface area (Å²) in [5, 5.41) is 9.54. The van der Waals surface area contributed by atoms with E-state index >= 15 is 0 Å². The summed E-state index contributed by atoms with van der Waals surface area (Å²) in [6.07, 6.45) is 3.11. The Bertz CT molecular complexity index is 1790. The van der Waals surface area contributed by atoms with Crippen molar-refractivity contribution in [3.63, 3.8) is 0 Å². The third-order valence-electron chi connectivity index (χ3n) is 8.81. The molecule has 0 unspecified atom stereocenters. The molecule has 11 nitrogen and oxygen atoms in total. The molecule has 6 rings (SSSR count). The summed E-state index contributed by atoms with van der Waals surface area (Å²) in [6.45, 7) is 0.345. The van der Waals surface area contributed by atoms with E-state index in [0.717, 1.165) is 22.0 Å². The number of hydrogen-bond donors (Lipinski definition) is 5. The Morgan fingerprint density at radius 3 is 2.11 bits per heavy atom. The first kappa shape index (κ1) is 30.6. The van der Waals surface area contributed by atoms with E-state index in [1.165, 1.54) is 4.90 Å². The first-order valence-corrected chi connectivity index (χ1v) is 15.5. The molecular weight excluding hydrogens is 584 g/mol. The standard InChI is InChI=1S/C35H36N6O5/c36-31(42)25-13-5-4-11-22(25)18-27-32(43)38-28(19-23-20-37-26-14-7-6-12-24(23)26)33(44)40-29(17-21-9-2-1-3-10-21)35(46)41-16-8-15-30(41)34(45)39-27/h1-7,9-14,20,27-30,37H,8,15-19H2,(H2,36,42)(H,38,43)(H,39,45)(H,40,44)/t27-,28+,29-,30+/m0/s1. The molecule has 46 heavy (non-hydrogen) atoms. The summed E-state index contributed by atoms with van der Waals surface area (Å²) >= 11 is 0. The van der Waals surface area contributed by atoms with Gasteiger partial charge in [0.2, 0.25) is 29.5 Å². The molecule has 0 bridgehead atoms. The van der Waals surface area contributed by atoms with Gasteiger partial charge in [-0.15, -0.1) is 0 Å². The largest absolute Gasteiger partial charge is 0.366 e. The van der Waals surface area contributed by atoms with Crippen LogP contribution in [-0.2, 0) is 38.4 Å². The monoisotopic (exact) mass is 620 g/mol. The number of para-hydroxylation sites is 1. The average molecular weight is 621 g/mol. The van der Waals surface area contributed by atoms with E-state index in [0.29, 0.717) is 24.9 Å². The normalized spacial score (nSPS) is 22.3. The maximum atomic E-state index is 14.1. The van der Waals surface area contributed by atoms with Crippen molar-refractivity contribution in [2.75, 3.05) is 6.54 Å². The number of benzene rings is 3. The number of hydrogen-bond acceptors (Lipinski definition) is 5. The lowest BCUT2D eigenvalue weighted by atomic mass is 9.97. The molecule has 11 heteroatoms. The van der Waals surface area contributed by atoms with Crippen LogP contribution in [0.3, 0.4) is 0 Å². The minimum Gasteiger partial charge on any atom is -0.366 e. The van der Waals surface area contributed by atoms with Crippen molar-refractivity contribution < 1.29 is 24.0 Å². The van der Waals surface area contributed by atoms with Crippen molar-refractivity contribution in [2.24, 2.45) is 5.73 Å². The molecule has 3 aromatic carbocycles. The highest BCUT2D eigenvalue weighted by Gasteiger charge is 2.41. The molecule has 236 valence electrons. The zero-order valence-corrected chi connectivity index (χ0v) is 25.2. The molecule has 2 aliphatic rings. The first-order chi connectivity index (χ1) is 22.3. The number of carbonyl (C=O) groups excluding carboxylic acids is 5. The third-order valence-corrected chi connectivity index (χ3v) is 8.81. The number of aromatic amines is 1. The molecule has 0 saturated carbocycles. The Morgan fingerprint density at radius 2 is 1.35 bits per heavy atom. The lowest BCUT2D eigenvalue weighted by molar-refractivity contribution is -0.143. The zero-order valence-electron chi connectivity index (χ0n) is 25.2. The van der Waals surface area contributed by atoms with E-state index in [1.54, 1.807) is 30.5 Å². The van der Waals surface area contributed by atoms with Gasteiger partial charge in [0.15, 0.2) is 0 Å². The molecular formula is C35H36N6O5. The van der Waals surface area contributed by atoms with Crippen molar-refractivity contribution in [2.45, 2.75) is 56.3 Å². The number of nitrogens with zero attached hydrogens (tertiary/aromatic N) is 1. The Kier molecular flexibility index (Phi) is 8.82. The Balaban J connectivity index is 1.38. The minimum atomic E-state index is -1.15. The Labute approximate surface area is 265 Å². The van der Waals surface area contributed by atoms with E-state index in [-0.39, 0.29) is 30.7 Å². The maximum Gasteiger partial charge on any atom is 0.248 e. The zero-order chi connectivity index (χ0) is 32.2. The van der Waals surface area contributed by atoms with Crippen molar-refractivity contribution in [1.82, 2.24) is 25.8 Å². The van der Waals surface area contributed by atoms with E-state index in [1.807, 2.05) is 54.6 Å². The lowest BCUT2D eigenvalue weighted by Gasteiger charge is -2.32. The molecule has 4 aromatic rings. The minimum absolute atomic E-state index is 0.0462. The van der Waals surface area contributed by atoms with Crippen LogP contribution < -0.4 is 21.7 Å². The van der Waals surface area contributed by atoms with Gasteiger partial charge in [0.05, 0.1) is 0 Å². The van der Waals surface area contributed by atoms with Crippen molar-refractivity contribution in [3.05, 3.63) is 107 Å². The Hall–Kier alpha value is -5.45. The quantitative estimate of drug-likeness (QED) is 0.212. The second-order valence-electron chi connectivity index (χ2n) is 11.9. The molecule has 2 fully saturated rings. The molecule has 2 saturated heterocycles. The van der Waals surface area contributed by atoms with Crippen LogP contribution in [-0.4, -0.2) is 70.1 Å². The summed E-state index contributed by atoms with van der Waals surface area (Å²) in [5.74, 6) is -2.61. The van der Waals surface area contributed by atoms with Crippen LogP contribution in [0.25, 0.3) is 10.9 Å². The summed E-state index contributed by atoms with van der Waals surface area (Å²) in [5.41, 5.74) is 8.83. The van der Waals surface area contributed by atoms with Crippen LogP contribution in [0, 0.1) is 0 Å². The summed E-state index contributed by atoms with van der Waals surface area (Å²) < 4.78 is 0. The number of amides is 5. The van der Waals surface area contributed by atoms with E-state index in [2.05, 4.69) is 20.9 Å². The van der Waals surface area contributed by atoms with Gasteiger partial charge < -0.3 is 31.6 Å². The highest BCUT2D eigenvalue weighted by molar-refractivity contribution is 5.99.